The van der Waals surface area contributed by atoms with E-state index in [2.05, 4.69) is 27.8 Å². The maximum absolute atomic E-state index is 6.06. The molecular formula is C11H11BrClNO2. The predicted octanol–water partition coefficient (Wildman–Crippen LogP) is 3.07. The van der Waals surface area contributed by atoms with Crippen LogP contribution in [0, 0.1) is 0 Å². The first kappa shape index (κ1) is 11.8. The van der Waals surface area contributed by atoms with Crippen LogP contribution in [0.5, 0.6) is 11.5 Å². The van der Waals surface area contributed by atoms with Crippen LogP contribution in [0.4, 0.5) is 0 Å². The summed E-state index contributed by atoms with van der Waals surface area (Å²) in [5, 5.41) is 3.81. The highest BCUT2D eigenvalue weighted by Gasteiger charge is 2.17. The van der Waals surface area contributed by atoms with E-state index in [9.17, 15) is 0 Å². The van der Waals surface area contributed by atoms with Gasteiger partial charge in [-0.1, -0.05) is 34.1 Å². The van der Waals surface area contributed by atoms with Crippen LogP contribution in [0.3, 0.4) is 0 Å². The Morgan fingerprint density at radius 1 is 1.50 bits per heavy atom. The molecule has 0 aliphatic carbocycles. The van der Waals surface area contributed by atoms with E-state index in [0.29, 0.717) is 29.6 Å². The third kappa shape index (κ3) is 2.70. The van der Waals surface area contributed by atoms with E-state index in [1.165, 1.54) is 0 Å². The molecule has 0 amide bonds. The van der Waals surface area contributed by atoms with Crippen LogP contribution in [-0.2, 0) is 6.54 Å². The van der Waals surface area contributed by atoms with Crippen molar-refractivity contribution in [2.45, 2.75) is 6.54 Å². The highest BCUT2D eigenvalue weighted by Crippen LogP contribution is 2.39. The third-order valence-corrected chi connectivity index (χ3v) is 2.69. The molecule has 86 valence electrons. The number of ether oxygens (including phenoxy) is 2. The van der Waals surface area contributed by atoms with Crippen LogP contribution in [0.25, 0.3) is 0 Å². The Morgan fingerprint density at radius 3 is 3.06 bits per heavy atom. The molecule has 2 rings (SSSR count). The van der Waals surface area contributed by atoms with Gasteiger partial charge in [0.2, 0.25) is 6.79 Å². The van der Waals surface area contributed by atoms with Gasteiger partial charge in [-0.2, -0.15) is 0 Å². The average molecular weight is 305 g/mol. The van der Waals surface area contributed by atoms with Crippen LogP contribution in [0.1, 0.15) is 5.56 Å². The fourth-order valence-corrected chi connectivity index (χ4v) is 1.95. The normalized spacial score (nSPS) is 12.9. The standard InChI is InChI=1S/C11H11BrClNO2/c1-7(12)4-14-5-8-2-9(13)11-10(3-8)15-6-16-11/h2-3,14H,1,4-6H2. The number of nitrogens with one attached hydrogen (secondary N) is 1. The summed E-state index contributed by atoms with van der Waals surface area (Å²) in [4.78, 5) is 0. The lowest BCUT2D eigenvalue weighted by Crippen LogP contribution is -2.14. The summed E-state index contributed by atoms with van der Waals surface area (Å²) < 4.78 is 11.4. The van der Waals surface area contributed by atoms with E-state index in [4.69, 9.17) is 21.1 Å². The maximum atomic E-state index is 6.06. The summed E-state index contributed by atoms with van der Waals surface area (Å²) in [6.45, 7) is 5.41. The van der Waals surface area contributed by atoms with Crippen molar-refractivity contribution in [3.8, 4) is 11.5 Å². The third-order valence-electron chi connectivity index (χ3n) is 2.13. The van der Waals surface area contributed by atoms with Gasteiger partial charge in [0.1, 0.15) is 0 Å². The number of hydrogen-bond acceptors (Lipinski definition) is 3. The lowest BCUT2D eigenvalue weighted by molar-refractivity contribution is 0.174. The summed E-state index contributed by atoms with van der Waals surface area (Å²) >= 11 is 9.34. The van der Waals surface area contributed by atoms with Crippen LogP contribution >= 0.6 is 27.5 Å². The molecule has 1 aromatic carbocycles. The molecule has 1 aliphatic heterocycles. The number of benzene rings is 1. The summed E-state index contributed by atoms with van der Waals surface area (Å²) in [5.41, 5.74) is 1.06. The van der Waals surface area contributed by atoms with Gasteiger partial charge in [-0.15, -0.1) is 0 Å². The van der Waals surface area contributed by atoms with Gasteiger partial charge in [-0.3, -0.25) is 0 Å². The Bertz CT molecular complexity index is 423. The van der Waals surface area contributed by atoms with Crippen LogP contribution in [0.15, 0.2) is 23.2 Å². The molecule has 0 fully saturated rings. The van der Waals surface area contributed by atoms with Crippen molar-refractivity contribution < 1.29 is 9.47 Å². The van der Waals surface area contributed by atoms with E-state index in [1.807, 2.05) is 12.1 Å². The van der Waals surface area contributed by atoms with E-state index < -0.39 is 0 Å². The number of halogens is 2. The molecule has 1 aliphatic rings. The Kier molecular flexibility index (Phi) is 3.74. The van der Waals surface area contributed by atoms with Crippen LogP contribution < -0.4 is 14.8 Å². The van der Waals surface area contributed by atoms with E-state index in [-0.39, 0.29) is 6.79 Å². The van der Waals surface area contributed by atoms with Gasteiger partial charge in [-0.25, -0.2) is 0 Å². The molecule has 0 atom stereocenters. The van der Waals surface area contributed by atoms with Crippen molar-refractivity contribution in [3.63, 3.8) is 0 Å². The Morgan fingerprint density at radius 2 is 2.31 bits per heavy atom. The maximum Gasteiger partial charge on any atom is 0.231 e. The van der Waals surface area contributed by atoms with Crippen molar-refractivity contribution in [3.05, 3.63) is 33.8 Å². The average Bonchev–Trinajstić information content (AvgIpc) is 2.65. The van der Waals surface area contributed by atoms with Crippen molar-refractivity contribution in [1.82, 2.24) is 5.32 Å². The molecule has 1 N–H and O–H groups in total. The second-order valence-corrected chi connectivity index (χ2v) is 4.96. The second kappa shape index (κ2) is 5.08. The summed E-state index contributed by atoms with van der Waals surface area (Å²) in [7, 11) is 0. The van der Waals surface area contributed by atoms with Gasteiger partial charge in [-0.05, 0) is 17.7 Å². The number of hydrogen-bond donors (Lipinski definition) is 1. The van der Waals surface area contributed by atoms with E-state index in [1.54, 1.807) is 0 Å². The van der Waals surface area contributed by atoms with Gasteiger partial charge in [0.05, 0.1) is 5.02 Å². The molecular weight excluding hydrogens is 293 g/mol. The molecule has 1 heterocycles. The van der Waals surface area contributed by atoms with Gasteiger partial charge in [0, 0.05) is 17.6 Å². The molecule has 1 aromatic rings. The zero-order chi connectivity index (χ0) is 11.5. The summed E-state index contributed by atoms with van der Waals surface area (Å²) in [5.74, 6) is 1.34. The topological polar surface area (TPSA) is 30.5 Å². The van der Waals surface area contributed by atoms with Crippen molar-refractivity contribution >= 4 is 27.5 Å². The molecule has 16 heavy (non-hydrogen) atoms. The van der Waals surface area contributed by atoms with E-state index >= 15 is 0 Å². The first-order valence-corrected chi connectivity index (χ1v) is 5.96. The minimum Gasteiger partial charge on any atom is -0.454 e. The summed E-state index contributed by atoms with van der Waals surface area (Å²) in [6, 6.07) is 3.80. The molecule has 3 nitrogen and oxygen atoms in total. The smallest absolute Gasteiger partial charge is 0.231 e. The van der Waals surface area contributed by atoms with E-state index in [0.717, 1.165) is 10.0 Å². The second-order valence-electron chi connectivity index (χ2n) is 3.43. The van der Waals surface area contributed by atoms with Gasteiger partial charge in [0.25, 0.3) is 0 Å². The quantitative estimate of drug-likeness (QED) is 0.927. The van der Waals surface area contributed by atoms with Crippen molar-refractivity contribution in [2.75, 3.05) is 13.3 Å². The molecule has 0 saturated heterocycles. The molecule has 0 aromatic heterocycles. The molecule has 0 radical (unpaired) electrons. The molecule has 0 spiro atoms. The monoisotopic (exact) mass is 303 g/mol. The fourth-order valence-electron chi connectivity index (χ4n) is 1.47. The predicted molar refractivity (Wildman–Crippen MR) is 67.3 cm³/mol. The zero-order valence-electron chi connectivity index (χ0n) is 8.56. The van der Waals surface area contributed by atoms with Crippen molar-refractivity contribution in [2.24, 2.45) is 0 Å². The fraction of sp³-hybridized carbons (Fsp3) is 0.273. The van der Waals surface area contributed by atoms with Gasteiger partial charge >= 0.3 is 0 Å². The molecule has 0 saturated carbocycles. The lowest BCUT2D eigenvalue weighted by atomic mass is 10.2. The Labute approximate surface area is 108 Å². The van der Waals surface area contributed by atoms with Crippen molar-refractivity contribution in [1.29, 1.82) is 0 Å². The Balaban J connectivity index is 2.05. The molecule has 0 bridgehead atoms. The first-order chi connectivity index (χ1) is 7.66. The van der Waals surface area contributed by atoms with Gasteiger partial charge < -0.3 is 14.8 Å². The Hall–Kier alpha value is -0.710. The van der Waals surface area contributed by atoms with Crippen LogP contribution in [-0.4, -0.2) is 13.3 Å². The highest BCUT2D eigenvalue weighted by atomic mass is 79.9. The largest absolute Gasteiger partial charge is 0.454 e. The molecule has 0 unspecified atom stereocenters. The number of fused-ring (bicyclic) bond motifs is 1. The highest BCUT2D eigenvalue weighted by molar-refractivity contribution is 9.11. The minimum atomic E-state index is 0.240. The summed E-state index contributed by atoms with van der Waals surface area (Å²) in [6.07, 6.45) is 0. The zero-order valence-corrected chi connectivity index (χ0v) is 10.9. The van der Waals surface area contributed by atoms with Gasteiger partial charge in [0.15, 0.2) is 11.5 Å². The SMILES string of the molecule is C=C(Br)CNCc1cc(Cl)c2c(c1)OCO2. The minimum absolute atomic E-state index is 0.240. The number of rotatable bonds is 4. The first-order valence-electron chi connectivity index (χ1n) is 4.79. The lowest BCUT2D eigenvalue weighted by Gasteiger charge is -2.06. The molecule has 5 heteroatoms. The van der Waals surface area contributed by atoms with Crippen LogP contribution in [0.2, 0.25) is 5.02 Å².